The summed E-state index contributed by atoms with van der Waals surface area (Å²) in [5.41, 5.74) is 2.67. The molecule has 0 saturated heterocycles. The van der Waals surface area contributed by atoms with Gasteiger partial charge in [0.2, 0.25) is 0 Å². The first-order valence-electron chi connectivity index (χ1n) is 6.26. The lowest BCUT2D eigenvalue weighted by atomic mass is 10.1. The number of carboxylic acid groups (broad SMARTS) is 1. The standard InChI is InChI=1S/C15H19NO3/c1-10(15(17)18)9-16(2)13-8-11-6-4-5-7-12(11)14(13)19-3/h4-7,13-14H,1,8-9H2,2-3H3,(H,17,18)/t13-,14+/m1/s1. The van der Waals surface area contributed by atoms with Crippen molar-refractivity contribution >= 4 is 5.97 Å². The van der Waals surface area contributed by atoms with Crippen LogP contribution in [0.4, 0.5) is 0 Å². The Morgan fingerprint density at radius 2 is 2.21 bits per heavy atom. The zero-order valence-corrected chi connectivity index (χ0v) is 11.3. The van der Waals surface area contributed by atoms with Gasteiger partial charge in [0, 0.05) is 25.3 Å². The van der Waals surface area contributed by atoms with Crippen LogP contribution in [0.2, 0.25) is 0 Å². The Morgan fingerprint density at radius 3 is 2.84 bits per heavy atom. The average molecular weight is 261 g/mol. The quantitative estimate of drug-likeness (QED) is 0.822. The van der Waals surface area contributed by atoms with Crippen molar-refractivity contribution in [2.45, 2.75) is 18.6 Å². The number of fused-ring (bicyclic) bond motifs is 1. The van der Waals surface area contributed by atoms with Crippen LogP contribution in [0.15, 0.2) is 36.4 Å². The maximum atomic E-state index is 10.9. The van der Waals surface area contributed by atoms with E-state index in [0.29, 0.717) is 6.54 Å². The molecule has 2 rings (SSSR count). The van der Waals surface area contributed by atoms with Crippen molar-refractivity contribution in [3.05, 3.63) is 47.5 Å². The Morgan fingerprint density at radius 1 is 1.53 bits per heavy atom. The molecule has 2 atom stereocenters. The van der Waals surface area contributed by atoms with Crippen molar-refractivity contribution in [1.29, 1.82) is 0 Å². The van der Waals surface area contributed by atoms with E-state index in [2.05, 4.69) is 18.7 Å². The largest absolute Gasteiger partial charge is 0.478 e. The van der Waals surface area contributed by atoms with E-state index < -0.39 is 5.97 Å². The SMILES string of the molecule is C=C(CN(C)[C@@H]1Cc2ccccc2[C@@H]1OC)C(=O)O. The third-order valence-electron chi connectivity index (χ3n) is 3.70. The van der Waals surface area contributed by atoms with E-state index in [0.717, 1.165) is 6.42 Å². The van der Waals surface area contributed by atoms with E-state index in [4.69, 9.17) is 9.84 Å². The number of nitrogens with zero attached hydrogens (tertiary/aromatic N) is 1. The van der Waals surface area contributed by atoms with Crippen molar-refractivity contribution in [2.75, 3.05) is 20.7 Å². The lowest BCUT2D eigenvalue weighted by Gasteiger charge is -2.29. The van der Waals surface area contributed by atoms with Crippen molar-refractivity contribution < 1.29 is 14.6 Å². The molecule has 4 heteroatoms. The summed E-state index contributed by atoms with van der Waals surface area (Å²) in [7, 11) is 3.61. The lowest BCUT2D eigenvalue weighted by molar-refractivity contribution is -0.133. The highest BCUT2D eigenvalue weighted by Gasteiger charge is 2.35. The molecule has 1 N–H and O–H groups in total. The number of rotatable bonds is 5. The van der Waals surface area contributed by atoms with E-state index in [1.807, 2.05) is 24.1 Å². The number of benzene rings is 1. The topological polar surface area (TPSA) is 49.8 Å². The number of aliphatic carboxylic acids is 1. The third-order valence-corrected chi connectivity index (χ3v) is 3.70. The molecule has 19 heavy (non-hydrogen) atoms. The summed E-state index contributed by atoms with van der Waals surface area (Å²) in [6.07, 6.45) is 0.862. The minimum Gasteiger partial charge on any atom is -0.478 e. The molecule has 0 amide bonds. The van der Waals surface area contributed by atoms with E-state index in [1.54, 1.807) is 7.11 Å². The molecule has 1 aromatic rings. The molecule has 4 nitrogen and oxygen atoms in total. The predicted molar refractivity (Wildman–Crippen MR) is 73.1 cm³/mol. The summed E-state index contributed by atoms with van der Waals surface area (Å²) in [6.45, 7) is 3.92. The Hall–Kier alpha value is -1.65. The molecule has 0 aromatic heterocycles. The number of carboxylic acids is 1. The minimum atomic E-state index is -0.948. The van der Waals surface area contributed by atoms with Crippen LogP contribution in [0.25, 0.3) is 0 Å². The van der Waals surface area contributed by atoms with Gasteiger partial charge >= 0.3 is 5.97 Å². The molecule has 0 spiro atoms. The number of methoxy groups -OCH3 is 1. The lowest BCUT2D eigenvalue weighted by Crippen LogP contribution is -2.37. The summed E-state index contributed by atoms with van der Waals surface area (Å²) in [6, 6.07) is 8.34. The van der Waals surface area contributed by atoms with Crippen LogP contribution in [0.1, 0.15) is 17.2 Å². The summed E-state index contributed by atoms with van der Waals surface area (Å²) < 4.78 is 5.59. The van der Waals surface area contributed by atoms with E-state index >= 15 is 0 Å². The van der Waals surface area contributed by atoms with Crippen molar-refractivity contribution in [3.8, 4) is 0 Å². The highest BCUT2D eigenvalue weighted by molar-refractivity contribution is 5.86. The van der Waals surface area contributed by atoms with Crippen LogP contribution in [0.5, 0.6) is 0 Å². The average Bonchev–Trinajstić information content (AvgIpc) is 2.76. The molecular weight excluding hydrogens is 242 g/mol. The summed E-state index contributed by atoms with van der Waals surface area (Å²) >= 11 is 0. The molecule has 0 radical (unpaired) electrons. The Labute approximate surface area is 113 Å². The molecule has 102 valence electrons. The van der Waals surface area contributed by atoms with Crippen LogP contribution < -0.4 is 0 Å². The second-order valence-corrected chi connectivity index (χ2v) is 4.95. The van der Waals surface area contributed by atoms with Gasteiger partial charge in [-0.05, 0) is 24.6 Å². The van der Waals surface area contributed by atoms with E-state index in [1.165, 1.54) is 11.1 Å². The minimum absolute atomic E-state index is 0.0113. The highest BCUT2D eigenvalue weighted by atomic mass is 16.5. The summed E-state index contributed by atoms with van der Waals surface area (Å²) in [5, 5.41) is 8.91. The van der Waals surface area contributed by atoms with Gasteiger partial charge in [0.25, 0.3) is 0 Å². The van der Waals surface area contributed by atoms with Crippen LogP contribution in [-0.2, 0) is 16.0 Å². The van der Waals surface area contributed by atoms with Gasteiger partial charge in [-0.2, -0.15) is 0 Å². The second kappa shape index (κ2) is 5.55. The number of carbonyl (C=O) groups is 1. The van der Waals surface area contributed by atoms with Crippen LogP contribution in [-0.4, -0.2) is 42.7 Å². The number of hydrogen-bond donors (Lipinski definition) is 1. The van der Waals surface area contributed by atoms with Crippen LogP contribution >= 0.6 is 0 Å². The van der Waals surface area contributed by atoms with Gasteiger partial charge in [0.1, 0.15) is 0 Å². The van der Waals surface area contributed by atoms with E-state index in [-0.39, 0.29) is 17.7 Å². The molecule has 0 aliphatic heterocycles. The highest BCUT2D eigenvalue weighted by Crippen LogP contribution is 2.36. The number of hydrogen-bond acceptors (Lipinski definition) is 3. The summed E-state index contributed by atoms with van der Waals surface area (Å²) in [5.74, 6) is -0.948. The molecule has 1 aromatic carbocycles. The van der Waals surface area contributed by atoms with Gasteiger partial charge in [0.05, 0.1) is 6.10 Å². The smallest absolute Gasteiger partial charge is 0.332 e. The van der Waals surface area contributed by atoms with Crippen LogP contribution in [0, 0.1) is 0 Å². The predicted octanol–water partition coefficient (Wildman–Crippen LogP) is 1.87. The fourth-order valence-electron chi connectivity index (χ4n) is 2.69. The van der Waals surface area contributed by atoms with Gasteiger partial charge in [-0.1, -0.05) is 30.8 Å². The maximum absolute atomic E-state index is 10.9. The summed E-state index contributed by atoms with van der Waals surface area (Å²) in [4.78, 5) is 12.9. The molecule has 1 aliphatic carbocycles. The second-order valence-electron chi connectivity index (χ2n) is 4.95. The maximum Gasteiger partial charge on any atom is 0.332 e. The molecule has 0 bridgehead atoms. The number of likely N-dealkylation sites (N-methyl/N-ethyl adjacent to an activating group) is 1. The van der Waals surface area contributed by atoms with Gasteiger partial charge in [-0.15, -0.1) is 0 Å². The van der Waals surface area contributed by atoms with Crippen molar-refractivity contribution in [3.63, 3.8) is 0 Å². The fourth-order valence-corrected chi connectivity index (χ4v) is 2.69. The monoisotopic (exact) mass is 261 g/mol. The molecule has 1 aliphatic rings. The van der Waals surface area contributed by atoms with Crippen molar-refractivity contribution in [1.82, 2.24) is 4.90 Å². The van der Waals surface area contributed by atoms with Crippen LogP contribution in [0.3, 0.4) is 0 Å². The Bertz CT molecular complexity index is 498. The normalized spacial score (nSPS) is 21.4. The fraction of sp³-hybridized carbons (Fsp3) is 0.400. The third kappa shape index (κ3) is 2.69. The molecule has 0 fully saturated rings. The van der Waals surface area contributed by atoms with Crippen molar-refractivity contribution in [2.24, 2.45) is 0 Å². The Balaban J connectivity index is 2.14. The van der Waals surface area contributed by atoms with Gasteiger partial charge in [-0.3, -0.25) is 4.90 Å². The van der Waals surface area contributed by atoms with E-state index in [9.17, 15) is 4.79 Å². The molecule has 0 saturated carbocycles. The zero-order valence-electron chi connectivity index (χ0n) is 11.3. The molecule has 0 heterocycles. The number of ether oxygens (including phenoxy) is 1. The first-order chi connectivity index (χ1) is 9.04. The molecular formula is C15H19NO3. The zero-order chi connectivity index (χ0) is 14.0. The molecule has 0 unspecified atom stereocenters. The first kappa shape index (κ1) is 13.8. The van der Waals surface area contributed by atoms with Gasteiger partial charge in [0.15, 0.2) is 0 Å². The first-order valence-corrected chi connectivity index (χ1v) is 6.26. The van der Waals surface area contributed by atoms with Gasteiger partial charge < -0.3 is 9.84 Å². The van der Waals surface area contributed by atoms with Gasteiger partial charge in [-0.25, -0.2) is 4.79 Å². The Kier molecular flexibility index (Phi) is 4.02.